The summed E-state index contributed by atoms with van der Waals surface area (Å²) < 4.78 is 11.5. The topological polar surface area (TPSA) is 126 Å². The number of carbonyl (C=O) groups is 2. The van der Waals surface area contributed by atoms with Gasteiger partial charge in [-0.15, -0.1) is 0 Å². The number of dihydropyridines is 1. The smallest absolute Gasteiger partial charge is 0.385 e. The van der Waals surface area contributed by atoms with Crippen LogP contribution in [0.1, 0.15) is 38.8 Å². The molecule has 1 atom stereocenters. The van der Waals surface area contributed by atoms with Gasteiger partial charge in [0.15, 0.2) is 0 Å². The fourth-order valence-electron chi connectivity index (χ4n) is 3.09. The minimum atomic E-state index is -1.05. The van der Waals surface area contributed by atoms with Crippen LogP contribution >= 0.6 is 0 Å². The van der Waals surface area contributed by atoms with Crippen LogP contribution in [0, 0.1) is 10.1 Å². The lowest BCUT2D eigenvalue weighted by molar-refractivity contribution is -0.390. The number of methoxy groups -OCH3 is 1. The van der Waals surface area contributed by atoms with Gasteiger partial charge in [0.2, 0.25) is 6.33 Å². The lowest BCUT2D eigenvalue weighted by Crippen LogP contribution is -2.33. The van der Waals surface area contributed by atoms with Gasteiger partial charge in [-0.05, 0) is 30.2 Å². The van der Waals surface area contributed by atoms with E-state index in [2.05, 4.69) is 10.3 Å². The number of carbonyl (C=O) groups excluding carboxylic acids is 2. The molecule has 0 amide bonds. The van der Waals surface area contributed by atoms with Crippen LogP contribution < -0.4 is 5.32 Å². The second-order valence-electron chi connectivity index (χ2n) is 6.08. The number of nitrogens with zero attached hydrogens (tertiary/aromatic N) is 3. The van der Waals surface area contributed by atoms with Crippen molar-refractivity contribution in [2.45, 2.75) is 33.1 Å². The minimum Gasteiger partial charge on any atom is -0.466 e. The highest BCUT2D eigenvalue weighted by atomic mass is 16.6. The van der Waals surface area contributed by atoms with Crippen molar-refractivity contribution in [2.75, 3.05) is 13.7 Å². The van der Waals surface area contributed by atoms with E-state index >= 15 is 0 Å². The molecule has 2 rings (SSSR count). The molecule has 1 aliphatic rings. The zero-order chi connectivity index (χ0) is 20.3. The standard InChI is InChI=1S/C17H22N4O6/c1-6-7-27-17(23)12-10(3)19-9(2)11(16(22)26-5)13(12)14-15(21(24)25)18-8-20(14)4/h8,13,19H,6-7H2,1-5H3. The Kier molecular flexibility index (Phi) is 5.98. The first-order chi connectivity index (χ1) is 12.7. The third-order valence-electron chi connectivity index (χ3n) is 4.23. The quantitative estimate of drug-likeness (QED) is 0.450. The molecule has 10 heteroatoms. The van der Waals surface area contributed by atoms with Crippen LogP contribution in [-0.4, -0.2) is 40.1 Å². The monoisotopic (exact) mass is 378 g/mol. The Labute approximate surface area is 156 Å². The SMILES string of the molecule is CCCOC(=O)C1=C(C)NC(C)=C(C(=O)OC)C1c1c([N+](=O)[O-])ncn1C. The van der Waals surface area contributed by atoms with Gasteiger partial charge in [0.1, 0.15) is 5.69 Å². The molecule has 10 nitrogen and oxygen atoms in total. The molecule has 1 aromatic rings. The summed E-state index contributed by atoms with van der Waals surface area (Å²) in [5.41, 5.74) is 1.19. The second kappa shape index (κ2) is 8.02. The molecule has 0 spiro atoms. The highest BCUT2D eigenvalue weighted by Gasteiger charge is 2.43. The van der Waals surface area contributed by atoms with E-state index in [1.807, 2.05) is 6.92 Å². The highest BCUT2D eigenvalue weighted by molar-refractivity contribution is 6.00. The molecule has 0 aromatic carbocycles. The Morgan fingerprint density at radius 3 is 2.41 bits per heavy atom. The molecular formula is C17H22N4O6. The summed E-state index contributed by atoms with van der Waals surface area (Å²) in [6, 6.07) is 0. The van der Waals surface area contributed by atoms with Crippen molar-refractivity contribution in [1.82, 2.24) is 14.9 Å². The maximum atomic E-state index is 12.7. The summed E-state index contributed by atoms with van der Waals surface area (Å²) in [6.45, 7) is 5.32. The Hall–Kier alpha value is -3.17. The van der Waals surface area contributed by atoms with Gasteiger partial charge in [-0.25, -0.2) is 9.59 Å². The number of ether oxygens (including phenoxy) is 2. The third kappa shape index (κ3) is 3.69. The summed E-state index contributed by atoms with van der Waals surface area (Å²) in [6.07, 6.45) is 1.88. The molecule has 2 heterocycles. The van der Waals surface area contributed by atoms with Crippen LogP contribution in [0.3, 0.4) is 0 Å². The molecule has 1 aromatic heterocycles. The second-order valence-corrected chi connectivity index (χ2v) is 6.08. The highest BCUT2D eigenvalue weighted by Crippen LogP contribution is 2.41. The van der Waals surface area contributed by atoms with E-state index in [1.54, 1.807) is 20.9 Å². The molecule has 0 aliphatic carbocycles. The van der Waals surface area contributed by atoms with Gasteiger partial charge in [-0.2, -0.15) is 0 Å². The largest absolute Gasteiger partial charge is 0.466 e. The maximum absolute atomic E-state index is 12.7. The number of hydrogen-bond acceptors (Lipinski definition) is 8. The van der Waals surface area contributed by atoms with Crippen molar-refractivity contribution in [3.63, 3.8) is 0 Å². The van der Waals surface area contributed by atoms with Crippen molar-refractivity contribution in [3.8, 4) is 0 Å². The molecule has 0 bridgehead atoms. The van der Waals surface area contributed by atoms with Gasteiger partial charge in [-0.1, -0.05) is 6.92 Å². The Morgan fingerprint density at radius 1 is 1.30 bits per heavy atom. The Balaban J connectivity index is 2.74. The predicted molar refractivity (Wildman–Crippen MR) is 94.4 cm³/mol. The summed E-state index contributed by atoms with van der Waals surface area (Å²) >= 11 is 0. The number of aryl methyl sites for hydroxylation is 1. The average molecular weight is 378 g/mol. The van der Waals surface area contributed by atoms with Gasteiger partial charge in [-0.3, -0.25) is 0 Å². The third-order valence-corrected chi connectivity index (χ3v) is 4.23. The van der Waals surface area contributed by atoms with Crippen molar-refractivity contribution >= 4 is 17.8 Å². The van der Waals surface area contributed by atoms with Gasteiger partial charge in [0.25, 0.3) is 0 Å². The summed E-state index contributed by atoms with van der Waals surface area (Å²) in [5, 5.41) is 14.5. The lowest BCUT2D eigenvalue weighted by Gasteiger charge is -2.29. The van der Waals surface area contributed by atoms with Gasteiger partial charge in [0, 0.05) is 18.4 Å². The molecule has 146 valence electrons. The minimum absolute atomic E-state index is 0.0956. The molecule has 0 saturated heterocycles. The molecule has 0 fully saturated rings. The van der Waals surface area contributed by atoms with Crippen LogP contribution in [0.5, 0.6) is 0 Å². The average Bonchev–Trinajstić information content (AvgIpc) is 2.99. The summed E-state index contributed by atoms with van der Waals surface area (Å²) in [4.78, 5) is 39.9. The molecule has 1 aliphatic heterocycles. The van der Waals surface area contributed by atoms with Crippen LogP contribution in [0.25, 0.3) is 0 Å². The lowest BCUT2D eigenvalue weighted by atomic mass is 9.82. The summed E-state index contributed by atoms with van der Waals surface area (Å²) in [5.74, 6) is -2.84. The van der Waals surface area contributed by atoms with E-state index in [9.17, 15) is 19.7 Å². The zero-order valence-corrected chi connectivity index (χ0v) is 15.9. The Morgan fingerprint density at radius 2 is 1.89 bits per heavy atom. The van der Waals surface area contributed by atoms with E-state index in [0.717, 1.165) is 0 Å². The molecule has 0 saturated carbocycles. The first-order valence-electron chi connectivity index (χ1n) is 8.34. The maximum Gasteiger partial charge on any atom is 0.385 e. The van der Waals surface area contributed by atoms with Crippen LogP contribution in [0.15, 0.2) is 28.9 Å². The van der Waals surface area contributed by atoms with E-state index in [1.165, 1.54) is 18.0 Å². The fourth-order valence-corrected chi connectivity index (χ4v) is 3.09. The number of rotatable bonds is 6. The van der Waals surface area contributed by atoms with Gasteiger partial charge in [0.05, 0.1) is 30.8 Å². The van der Waals surface area contributed by atoms with Crippen LogP contribution in [0.4, 0.5) is 5.82 Å². The first kappa shape index (κ1) is 20.1. The molecule has 27 heavy (non-hydrogen) atoms. The predicted octanol–water partition coefficient (Wildman–Crippen LogP) is 1.69. The number of nitrogens with one attached hydrogen (secondary N) is 1. The van der Waals surface area contributed by atoms with E-state index in [-0.39, 0.29) is 23.4 Å². The molecule has 0 radical (unpaired) electrons. The first-order valence-corrected chi connectivity index (χ1v) is 8.34. The number of nitro groups is 1. The Bertz CT molecular complexity index is 852. The van der Waals surface area contributed by atoms with Crippen molar-refractivity contribution in [1.29, 1.82) is 0 Å². The number of aromatic nitrogens is 2. The normalized spacial score (nSPS) is 16.9. The van der Waals surface area contributed by atoms with E-state index < -0.39 is 28.6 Å². The van der Waals surface area contributed by atoms with Crippen molar-refractivity contribution in [2.24, 2.45) is 7.05 Å². The van der Waals surface area contributed by atoms with Crippen molar-refractivity contribution in [3.05, 3.63) is 44.7 Å². The van der Waals surface area contributed by atoms with Gasteiger partial charge < -0.3 is 29.5 Å². The van der Waals surface area contributed by atoms with E-state index in [4.69, 9.17) is 9.47 Å². The van der Waals surface area contributed by atoms with E-state index in [0.29, 0.717) is 17.8 Å². The van der Waals surface area contributed by atoms with Crippen LogP contribution in [-0.2, 0) is 26.1 Å². The summed E-state index contributed by atoms with van der Waals surface area (Å²) in [7, 11) is 2.77. The number of esters is 2. The van der Waals surface area contributed by atoms with Crippen LogP contribution in [0.2, 0.25) is 0 Å². The zero-order valence-electron chi connectivity index (χ0n) is 15.9. The molecule has 1 unspecified atom stereocenters. The fraction of sp³-hybridized carbons (Fsp3) is 0.471. The number of imidazole rings is 1. The number of allylic oxidation sites excluding steroid dienone is 2. The number of hydrogen-bond donors (Lipinski definition) is 1. The van der Waals surface area contributed by atoms with Crippen molar-refractivity contribution < 1.29 is 24.0 Å². The van der Waals surface area contributed by atoms with Gasteiger partial charge >= 0.3 is 17.8 Å². The molecular weight excluding hydrogens is 356 g/mol. The molecule has 1 N–H and O–H groups in total.